The van der Waals surface area contributed by atoms with Crippen LogP contribution in [0, 0.1) is 10.1 Å². The molecule has 32 heavy (non-hydrogen) atoms. The Labute approximate surface area is 191 Å². The smallest absolute Gasteiger partial charge is 0.271 e. The largest absolute Gasteiger partial charge is 0.496 e. The number of rotatable bonds is 8. The molecule has 0 bridgehead atoms. The maximum atomic E-state index is 13.0. The summed E-state index contributed by atoms with van der Waals surface area (Å²) in [6.07, 6.45) is 2.91. The Morgan fingerprint density at radius 3 is 2.56 bits per heavy atom. The molecule has 1 heterocycles. The number of carbonyl (C=O) groups is 1. The average Bonchev–Trinajstić information content (AvgIpc) is 2.79. The van der Waals surface area contributed by atoms with E-state index in [2.05, 4.69) is 5.32 Å². The molecule has 172 valence electrons. The molecule has 2 aromatic carbocycles. The number of nitrogens with zero attached hydrogens (tertiary/aromatic N) is 2. The highest BCUT2D eigenvalue weighted by atomic mass is 35.5. The molecule has 0 aromatic heterocycles. The van der Waals surface area contributed by atoms with Gasteiger partial charge in [-0.15, -0.1) is 0 Å². The Morgan fingerprint density at radius 1 is 1.19 bits per heavy atom. The number of sulfonamides is 1. The molecular formula is C21H24ClN3O6S. The van der Waals surface area contributed by atoms with Crippen molar-refractivity contribution in [2.24, 2.45) is 0 Å². The van der Waals surface area contributed by atoms with Crippen molar-refractivity contribution >= 4 is 38.9 Å². The molecule has 2 aromatic rings. The topological polar surface area (TPSA) is 119 Å². The van der Waals surface area contributed by atoms with Crippen molar-refractivity contribution in [2.45, 2.75) is 37.0 Å². The van der Waals surface area contributed by atoms with Crippen LogP contribution >= 0.6 is 11.6 Å². The van der Waals surface area contributed by atoms with Crippen LogP contribution in [0.2, 0.25) is 5.02 Å². The zero-order valence-electron chi connectivity index (χ0n) is 17.5. The lowest BCUT2D eigenvalue weighted by Crippen LogP contribution is -2.35. The Morgan fingerprint density at radius 2 is 1.91 bits per heavy atom. The second-order valence-electron chi connectivity index (χ2n) is 7.41. The number of halogens is 1. The molecule has 1 fully saturated rings. The number of aryl methyl sites for hydroxylation is 1. The normalized spacial score (nSPS) is 14.7. The van der Waals surface area contributed by atoms with Crippen LogP contribution in [0.15, 0.2) is 41.3 Å². The molecule has 0 unspecified atom stereocenters. The number of nitro benzene ring substituents is 1. The minimum Gasteiger partial charge on any atom is -0.496 e. The number of methoxy groups -OCH3 is 1. The van der Waals surface area contributed by atoms with Crippen LogP contribution in [0.4, 0.5) is 11.4 Å². The van der Waals surface area contributed by atoms with Gasteiger partial charge in [0, 0.05) is 31.6 Å². The van der Waals surface area contributed by atoms with Crippen LogP contribution in [0.1, 0.15) is 31.2 Å². The summed E-state index contributed by atoms with van der Waals surface area (Å²) in [4.78, 5) is 23.0. The van der Waals surface area contributed by atoms with Gasteiger partial charge in [-0.3, -0.25) is 14.9 Å². The molecule has 1 saturated heterocycles. The first kappa shape index (κ1) is 24.0. The number of hydrogen-bond acceptors (Lipinski definition) is 6. The Balaban J connectivity index is 1.74. The van der Waals surface area contributed by atoms with E-state index < -0.39 is 20.9 Å². The first-order chi connectivity index (χ1) is 15.2. The van der Waals surface area contributed by atoms with Crippen molar-refractivity contribution in [3.8, 4) is 5.75 Å². The number of ether oxygens (including phenoxy) is 1. The molecule has 11 heteroatoms. The third-order valence-corrected chi connectivity index (χ3v) is 7.49. The molecule has 9 nitrogen and oxygen atoms in total. The molecule has 0 spiro atoms. The molecular weight excluding hydrogens is 458 g/mol. The summed E-state index contributed by atoms with van der Waals surface area (Å²) in [6.45, 7) is 0.992. The summed E-state index contributed by atoms with van der Waals surface area (Å²) in [7, 11) is -2.15. The van der Waals surface area contributed by atoms with Crippen LogP contribution in [-0.2, 0) is 21.2 Å². The number of nitro groups is 1. The highest BCUT2D eigenvalue weighted by Crippen LogP contribution is 2.29. The van der Waals surface area contributed by atoms with Crippen molar-refractivity contribution < 1.29 is 22.9 Å². The first-order valence-corrected chi connectivity index (χ1v) is 11.9. The number of anilines is 1. The van der Waals surface area contributed by atoms with Crippen molar-refractivity contribution in [2.75, 3.05) is 25.5 Å². The van der Waals surface area contributed by atoms with E-state index in [1.807, 2.05) is 0 Å². The number of non-ortho nitro benzene ring substituents is 1. The third kappa shape index (κ3) is 5.56. The number of amides is 1. The average molecular weight is 482 g/mol. The molecule has 0 aliphatic carbocycles. The van der Waals surface area contributed by atoms with Crippen LogP contribution in [0.25, 0.3) is 0 Å². The molecule has 1 N–H and O–H groups in total. The van der Waals surface area contributed by atoms with Crippen molar-refractivity contribution in [1.82, 2.24) is 4.31 Å². The fourth-order valence-electron chi connectivity index (χ4n) is 3.55. The van der Waals surface area contributed by atoms with Gasteiger partial charge in [0.05, 0.1) is 27.6 Å². The molecule has 1 amide bonds. The lowest BCUT2D eigenvalue weighted by molar-refractivity contribution is -0.384. The molecule has 1 aliphatic rings. The van der Waals surface area contributed by atoms with Crippen LogP contribution in [-0.4, -0.2) is 43.8 Å². The third-order valence-electron chi connectivity index (χ3n) is 5.26. The summed E-state index contributed by atoms with van der Waals surface area (Å²) in [5, 5.41) is 13.7. The van der Waals surface area contributed by atoms with Gasteiger partial charge in [0.25, 0.3) is 5.69 Å². The van der Waals surface area contributed by atoms with E-state index in [0.717, 1.165) is 19.3 Å². The van der Waals surface area contributed by atoms with Crippen molar-refractivity contribution in [3.63, 3.8) is 0 Å². The lowest BCUT2D eigenvalue weighted by Gasteiger charge is -2.26. The monoisotopic (exact) mass is 481 g/mol. The van der Waals surface area contributed by atoms with E-state index in [9.17, 15) is 23.3 Å². The van der Waals surface area contributed by atoms with Gasteiger partial charge in [-0.2, -0.15) is 4.31 Å². The van der Waals surface area contributed by atoms with Gasteiger partial charge in [-0.1, -0.05) is 18.0 Å². The van der Waals surface area contributed by atoms with Crippen LogP contribution in [0.3, 0.4) is 0 Å². The zero-order valence-corrected chi connectivity index (χ0v) is 19.1. The number of nitrogens with one attached hydrogen (secondary N) is 1. The van der Waals surface area contributed by atoms with Crippen molar-refractivity contribution in [3.05, 3.63) is 57.1 Å². The number of hydrogen-bond donors (Lipinski definition) is 1. The first-order valence-electron chi connectivity index (χ1n) is 10.1. The maximum Gasteiger partial charge on any atom is 0.271 e. The predicted molar refractivity (Wildman–Crippen MR) is 121 cm³/mol. The van der Waals surface area contributed by atoms with Gasteiger partial charge in [0.15, 0.2) is 0 Å². The van der Waals surface area contributed by atoms with E-state index in [-0.39, 0.29) is 34.1 Å². The highest BCUT2D eigenvalue weighted by Gasteiger charge is 2.26. The SMILES string of the molecule is COc1ccc(S(=O)(=O)N2CCCCC2)cc1CCC(=O)Nc1cc([N+](=O)[O-])ccc1Cl. The van der Waals surface area contributed by atoms with Gasteiger partial charge in [-0.05, 0) is 49.1 Å². The van der Waals surface area contributed by atoms with E-state index >= 15 is 0 Å². The lowest BCUT2D eigenvalue weighted by atomic mass is 10.1. The summed E-state index contributed by atoms with van der Waals surface area (Å²) < 4.78 is 32.8. The van der Waals surface area contributed by atoms with E-state index in [4.69, 9.17) is 16.3 Å². The highest BCUT2D eigenvalue weighted by molar-refractivity contribution is 7.89. The summed E-state index contributed by atoms with van der Waals surface area (Å²) in [6, 6.07) is 8.41. The fourth-order valence-corrected chi connectivity index (χ4v) is 5.28. The van der Waals surface area contributed by atoms with Gasteiger partial charge in [-0.25, -0.2) is 8.42 Å². The molecule has 0 saturated carbocycles. The van der Waals surface area contributed by atoms with E-state index in [1.54, 1.807) is 6.07 Å². The van der Waals surface area contributed by atoms with E-state index in [1.165, 1.54) is 41.7 Å². The molecule has 1 aliphatic heterocycles. The van der Waals surface area contributed by atoms with Gasteiger partial charge in [0.2, 0.25) is 15.9 Å². The predicted octanol–water partition coefficient (Wildman–Crippen LogP) is 4.00. The Kier molecular flexibility index (Phi) is 7.70. The van der Waals surface area contributed by atoms with E-state index in [0.29, 0.717) is 24.4 Å². The number of benzene rings is 2. The van der Waals surface area contributed by atoms with Crippen LogP contribution < -0.4 is 10.1 Å². The standard InChI is InChI=1S/C21H24ClN3O6S/c1-31-20-9-7-17(32(29,30)24-11-3-2-4-12-24)13-15(20)5-10-21(26)23-19-14-16(25(27)28)6-8-18(19)22/h6-9,13-14H,2-5,10-12H2,1H3,(H,23,26). The van der Waals surface area contributed by atoms with Gasteiger partial charge >= 0.3 is 0 Å². The summed E-state index contributed by atoms with van der Waals surface area (Å²) >= 11 is 6.03. The molecule has 3 rings (SSSR count). The molecule has 0 atom stereocenters. The summed E-state index contributed by atoms with van der Waals surface area (Å²) in [5.74, 6) is 0.0579. The number of piperidine rings is 1. The minimum absolute atomic E-state index is 0.00258. The van der Waals surface area contributed by atoms with Gasteiger partial charge < -0.3 is 10.1 Å². The minimum atomic E-state index is -3.62. The fraction of sp³-hybridized carbons (Fsp3) is 0.381. The second kappa shape index (κ2) is 10.3. The van der Waals surface area contributed by atoms with Gasteiger partial charge in [0.1, 0.15) is 5.75 Å². The summed E-state index contributed by atoms with van der Waals surface area (Å²) in [5.41, 5.74) is 0.520. The Bertz CT molecular complexity index is 1120. The number of carbonyl (C=O) groups excluding carboxylic acids is 1. The Hall–Kier alpha value is -2.69. The van der Waals surface area contributed by atoms with Crippen molar-refractivity contribution in [1.29, 1.82) is 0 Å². The maximum absolute atomic E-state index is 13.0. The zero-order chi connectivity index (χ0) is 23.3. The quantitative estimate of drug-likeness (QED) is 0.449. The second-order valence-corrected chi connectivity index (χ2v) is 9.75. The van der Waals surface area contributed by atoms with Crippen LogP contribution in [0.5, 0.6) is 5.75 Å². The molecule has 0 radical (unpaired) electrons.